The van der Waals surface area contributed by atoms with E-state index in [0.717, 1.165) is 12.8 Å². The minimum atomic E-state index is -0.894. The molecule has 3 nitrogen and oxygen atoms in total. The molecule has 0 unspecified atom stereocenters. The molecule has 0 aromatic heterocycles. The second-order valence-electron chi connectivity index (χ2n) is 8.98. The predicted molar refractivity (Wildman–Crippen MR) is 123 cm³/mol. The van der Waals surface area contributed by atoms with Crippen molar-refractivity contribution in [2.75, 3.05) is 0 Å². The predicted octanol–water partition coefficient (Wildman–Crippen LogP) is 6.93. The van der Waals surface area contributed by atoms with Crippen LogP contribution < -0.4 is 0 Å². The zero-order valence-corrected chi connectivity index (χ0v) is 19.3. The maximum atomic E-state index is 9.95. The van der Waals surface area contributed by atoms with Crippen LogP contribution in [0.3, 0.4) is 0 Å². The molecule has 0 spiro atoms. The van der Waals surface area contributed by atoms with E-state index in [4.69, 9.17) is 15.9 Å². The number of hydrogen-bond donors (Lipinski definition) is 1. The van der Waals surface area contributed by atoms with Crippen molar-refractivity contribution in [3.8, 4) is 12.3 Å². The van der Waals surface area contributed by atoms with E-state index in [1.165, 1.54) is 83.5 Å². The molecule has 0 aromatic rings. The van der Waals surface area contributed by atoms with Crippen molar-refractivity contribution >= 4 is 0 Å². The van der Waals surface area contributed by atoms with E-state index in [-0.39, 0.29) is 6.10 Å². The molecule has 0 bridgehead atoms. The van der Waals surface area contributed by atoms with Gasteiger partial charge in [-0.3, -0.25) is 0 Å². The van der Waals surface area contributed by atoms with Gasteiger partial charge in [0.2, 0.25) is 0 Å². The summed E-state index contributed by atoms with van der Waals surface area (Å²) in [5, 5.41) is 9.95. The molecule has 29 heavy (non-hydrogen) atoms. The molecular weight excluding hydrogens is 360 g/mol. The molecule has 1 fully saturated rings. The second kappa shape index (κ2) is 15.9. The molecule has 1 aliphatic rings. The minimum Gasteiger partial charge on any atom is -0.378 e. The molecule has 3 heteroatoms. The highest BCUT2D eigenvalue weighted by Crippen LogP contribution is 2.32. The van der Waals surface area contributed by atoms with Gasteiger partial charge < -0.3 is 14.6 Å². The maximum Gasteiger partial charge on any atom is 0.163 e. The van der Waals surface area contributed by atoms with E-state index in [9.17, 15) is 5.11 Å². The molecule has 0 aliphatic carbocycles. The van der Waals surface area contributed by atoms with E-state index in [2.05, 4.69) is 25.0 Å². The van der Waals surface area contributed by atoms with Crippen molar-refractivity contribution < 1.29 is 14.6 Å². The van der Waals surface area contributed by atoms with Crippen molar-refractivity contribution in [3.05, 3.63) is 12.2 Å². The first-order valence-electron chi connectivity index (χ1n) is 12.1. The van der Waals surface area contributed by atoms with Crippen LogP contribution in [-0.4, -0.2) is 29.2 Å². The van der Waals surface area contributed by atoms with Gasteiger partial charge in [0.25, 0.3) is 0 Å². The lowest BCUT2D eigenvalue weighted by atomic mass is 10.0. The van der Waals surface area contributed by atoms with Crippen LogP contribution in [0, 0.1) is 12.3 Å². The molecule has 1 aliphatic heterocycles. The third-order valence-corrected chi connectivity index (χ3v) is 5.70. The molecule has 0 saturated carbocycles. The first-order chi connectivity index (χ1) is 14.0. The summed E-state index contributed by atoms with van der Waals surface area (Å²) in [5.41, 5.74) is 0. The molecular formula is C26H46O3. The molecule has 1 saturated heterocycles. The van der Waals surface area contributed by atoms with E-state index in [0.29, 0.717) is 0 Å². The lowest BCUT2D eigenvalue weighted by Crippen LogP contribution is -2.34. The summed E-state index contributed by atoms with van der Waals surface area (Å²) >= 11 is 0. The minimum absolute atomic E-state index is 0.106. The fourth-order valence-corrected chi connectivity index (χ4v) is 4.04. The fraction of sp³-hybridized carbons (Fsp3) is 0.846. The Morgan fingerprint density at radius 3 is 1.93 bits per heavy atom. The van der Waals surface area contributed by atoms with Gasteiger partial charge in [0.05, 0.1) is 6.10 Å². The normalized spacial score (nSPS) is 22.2. The zero-order valence-electron chi connectivity index (χ0n) is 19.3. The molecule has 0 amide bonds. The Labute approximate surface area is 180 Å². The molecule has 168 valence electrons. The Balaban J connectivity index is 1.95. The number of unbranched alkanes of at least 4 members (excludes halogenated alkanes) is 12. The van der Waals surface area contributed by atoms with Crippen LogP contribution in [0.2, 0.25) is 0 Å². The summed E-state index contributed by atoms with van der Waals surface area (Å²) in [5.74, 6) is 1.72. The number of aliphatic hydroxyl groups is 1. The summed E-state index contributed by atoms with van der Waals surface area (Å²) in [7, 11) is 0. The van der Waals surface area contributed by atoms with Gasteiger partial charge in [0.15, 0.2) is 5.79 Å². The van der Waals surface area contributed by atoms with Crippen molar-refractivity contribution in [2.45, 2.75) is 141 Å². The van der Waals surface area contributed by atoms with E-state index >= 15 is 0 Å². The van der Waals surface area contributed by atoms with Gasteiger partial charge in [-0.05, 0) is 46.0 Å². The van der Waals surface area contributed by atoms with Crippen LogP contribution in [0.25, 0.3) is 0 Å². The van der Waals surface area contributed by atoms with Gasteiger partial charge in [-0.25, -0.2) is 0 Å². The zero-order chi connectivity index (χ0) is 21.4. The van der Waals surface area contributed by atoms with Gasteiger partial charge in [-0.1, -0.05) is 89.2 Å². The van der Waals surface area contributed by atoms with Crippen LogP contribution in [0.1, 0.15) is 117 Å². The van der Waals surface area contributed by atoms with Crippen LogP contribution in [0.15, 0.2) is 12.2 Å². The van der Waals surface area contributed by atoms with Crippen molar-refractivity contribution in [1.29, 1.82) is 0 Å². The van der Waals surface area contributed by atoms with E-state index in [1.54, 1.807) is 0 Å². The Morgan fingerprint density at radius 1 is 0.862 bits per heavy atom. The number of terminal acetylenes is 1. The first kappa shape index (κ1) is 26.2. The van der Waals surface area contributed by atoms with Gasteiger partial charge in [-0.15, -0.1) is 6.42 Å². The number of aliphatic hydroxyl groups excluding tert-OH is 1. The third-order valence-electron chi connectivity index (χ3n) is 5.70. The summed E-state index contributed by atoms with van der Waals surface area (Å²) in [6, 6.07) is 0. The monoisotopic (exact) mass is 406 g/mol. The summed E-state index contributed by atoms with van der Waals surface area (Å²) in [4.78, 5) is 0. The summed E-state index contributed by atoms with van der Waals surface area (Å²) in [6.07, 6.45) is 27.9. The molecule has 3 atom stereocenters. The maximum absolute atomic E-state index is 9.95. The standard InChI is InChI=1S/C26H46O3/c1-5-7-8-9-10-11-12-13-14-15-16-17-18-19-20-21-22-24-25(23(27)6-2)29-26(3,4)28-24/h2,14-15,23-25,27H,5,7-13,16-22H2,1,3-4H3/b15-14-/t23-,24-,25-/m0/s1. The Morgan fingerprint density at radius 2 is 1.38 bits per heavy atom. The van der Waals surface area contributed by atoms with Gasteiger partial charge in [0.1, 0.15) is 12.2 Å². The average molecular weight is 407 g/mol. The van der Waals surface area contributed by atoms with E-state index < -0.39 is 18.0 Å². The topological polar surface area (TPSA) is 38.7 Å². The highest BCUT2D eigenvalue weighted by atomic mass is 16.8. The molecule has 0 aromatic carbocycles. The molecule has 1 N–H and O–H groups in total. The van der Waals surface area contributed by atoms with Crippen LogP contribution in [0.4, 0.5) is 0 Å². The van der Waals surface area contributed by atoms with Crippen molar-refractivity contribution in [2.24, 2.45) is 0 Å². The highest BCUT2D eigenvalue weighted by molar-refractivity contribution is 5.02. The Kier molecular flexibility index (Phi) is 14.4. The van der Waals surface area contributed by atoms with Gasteiger partial charge >= 0.3 is 0 Å². The quantitative estimate of drug-likeness (QED) is 0.162. The SMILES string of the molecule is C#C[C@H](O)[C@@H]1OC(C)(C)O[C@H]1CCCCCCC/C=C\CCCCCCCCC. The summed E-state index contributed by atoms with van der Waals surface area (Å²) < 4.78 is 11.7. The summed E-state index contributed by atoms with van der Waals surface area (Å²) in [6.45, 7) is 6.03. The van der Waals surface area contributed by atoms with Crippen molar-refractivity contribution in [3.63, 3.8) is 0 Å². The van der Waals surface area contributed by atoms with Gasteiger partial charge in [0, 0.05) is 0 Å². The van der Waals surface area contributed by atoms with Crippen LogP contribution in [-0.2, 0) is 9.47 Å². The molecule has 1 heterocycles. The second-order valence-corrected chi connectivity index (χ2v) is 8.98. The number of ether oxygens (including phenoxy) is 2. The molecule has 1 rings (SSSR count). The van der Waals surface area contributed by atoms with Crippen LogP contribution >= 0.6 is 0 Å². The van der Waals surface area contributed by atoms with Crippen molar-refractivity contribution in [1.82, 2.24) is 0 Å². The lowest BCUT2D eigenvalue weighted by molar-refractivity contribution is -0.152. The molecule has 0 radical (unpaired) electrons. The average Bonchev–Trinajstić information content (AvgIpc) is 3.01. The number of rotatable bonds is 17. The number of allylic oxidation sites excluding steroid dienone is 2. The largest absolute Gasteiger partial charge is 0.378 e. The van der Waals surface area contributed by atoms with Gasteiger partial charge in [-0.2, -0.15) is 0 Å². The fourth-order valence-electron chi connectivity index (χ4n) is 4.04. The number of hydrogen-bond acceptors (Lipinski definition) is 3. The third kappa shape index (κ3) is 12.5. The Bertz CT molecular complexity index is 463. The highest BCUT2D eigenvalue weighted by Gasteiger charge is 2.43. The smallest absolute Gasteiger partial charge is 0.163 e. The first-order valence-corrected chi connectivity index (χ1v) is 12.1. The lowest BCUT2D eigenvalue weighted by Gasteiger charge is -2.18. The Hall–Kier alpha value is -0.820. The van der Waals surface area contributed by atoms with Crippen LogP contribution in [0.5, 0.6) is 0 Å². The van der Waals surface area contributed by atoms with E-state index in [1.807, 2.05) is 13.8 Å².